The average Bonchev–Trinajstić information content (AvgIpc) is 3.23. The van der Waals surface area contributed by atoms with Crippen molar-refractivity contribution in [3.05, 3.63) is 71.4 Å². The van der Waals surface area contributed by atoms with Crippen molar-refractivity contribution in [1.29, 1.82) is 0 Å². The number of aromatic amines is 1. The van der Waals surface area contributed by atoms with Gasteiger partial charge in [-0.1, -0.05) is 48.5 Å². The monoisotopic (exact) mass is 447 g/mol. The van der Waals surface area contributed by atoms with Crippen molar-refractivity contribution < 1.29 is 24.2 Å². The van der Waals surface area contributed by atoms with Gasteiger partial charge in [-0.15, -0.1) is 0 Å². The van der Waals surface area contributed by atoms with E-state index in [1.54, 1.807) is 32.9 Å². The van der Waals surface area contributed by atoms with Crippen LogP contribution in [0.3, 0.4) is 0 Å². The van der Waals surface area contributed by atoms with Crippen LogP contribution in [0.2, 0.25) is 0 Å². The molecule has 0 bridgehead atoms. The first kappa shape index (κ1) is 21.2. The molecule has 170 valence electrons. The number of esters is 1. The topological polar surface area (TPSA) is 103 Å². The van der Waals surface area contributed by atoms with Crippen LogP contribution in [-0.2, 0) is 33.0 Å². The lowest BCUT2D eigenvalue weighted by atomic mass is 9.89. The lowest BCUT2D eigenvalue weighted by Crippen LogP contribution is -2.59. The first-order valence-corrected chi connectivity index (χ1v) is 10.9. The van der Waals surface area contributed by atoms with E-state index >= 15 is 0 Å². The summed E-state index contributed by atoms with van der Waals surface area (Å²) >= 11 is 0. The van der Waals surface area contributed by atoms with Gasteiger partial charge in [0.15, 0.2) is 0 Å². The predicted octanol–water partition coefficient (Wildman–Crippen LogP) is 3.04. The number of carbonyl (C=O) groups is 3. The number of rotatable bonds is 3. The number of imide groups is 1. The summed E-state index contributed by atoms with van der Waals surface area (Å²) in [5.74, 6) is -1.46. The highest BCUT2D eigenvalue weighted by Crippen LogP contribution is 2.45. The molecule has 0 radical (unpaired) electrons. The number of para-hydroxylation sites is 1. The van der Waals surface area contributed by atoms with Gasteiger partial charge in [-0.3, -0.25) is 14.6 Å². The minimum absolute atomic E-state index is 0.0199. The molecule has 8 heteroatoms. The Morgan fingerprint density at radius 3 is 2.48 bits per heavy atom. The van der Waals surface area contributed by atoms with Crippen LogP contribution in [0.1, 0.15) is 37.6 Å². The first-order chi connectivity index (χ1) is 15.6. The maximum absolute atomic E-state index is 13.6. The van der Waals surface area contributed by atoms with Gasteiger partial charge in [0.05, 0.1) is 12.2 Å². The molecule has 2 N–H and O–H groups in total. The molecule has 3 aromatic rings. The summed E-state index contributed by atoms with van der Waals surface area (Å²) < 4.78 is 5.59. The largest absolute Gasteiger partial charge is 0.458 e. The van der Waals surface area contributed by atoms with Gasteiger partial charge in [0, 0.05) is 17.3 Å². The van der Waals surface area contributed by atoms with E-state index in [0.29, 0.717) is 11.1 Å². The van der Waals surface area contributed by atoms with Gasteiger partial charge in [-0.05, 0) is 38.0 Å². The highest BCUT2D eigenvalue weighted by atomic mass is 16.6. The third-order valence-corrected chi connectivity index (χ3v) is 6.06. The molecule has 0 aliphatic carbocycles. The zero-order valence-electron chi connectivity index (χ0n) is 18.7. The Morgan fingerprint density at radius 1 is 1.12 bits per heavy atom. The standard InChI is InChI=1S/C25H25N3O5/c1-24(2,3)33-21(29)19-13-17-16-11-7-8-12-18(16)26-20(17)25(32)22(30)27(23(31)28(19)25)14-15-9-5-4-6-10-15/h4-12,19,26,32H,13-14H2,1-3H3/t19-,25+/m0/s1. The van der Waals surface area contributed by atoms with E-state index < -0.39 is 35.3 Å². The molecule has 0 unspecified atom stereocenters. The van der Waals surface area contributed by atoms with Crippen molar-refractivity contribution in [3.8, 4) is 0 Å². The van der Waals surface area contributed by atoms with E-state index in [-0.39, 0.29) is 18.7 Å². The number of amides is 3. The lowest BCUT2D eigenvalue weighted by Gasteiger charge is -2.40. The Morgan fingerprint density at radius 2 is 1.79 bits per heavy atom. The molecule has 2 aliphatic rings. The minimum Gasteiger partial charge on any atom is -0.458 e. The number of nitrogens with one attached hydrogen (secondary N) is 1. The highest BCUT2D eigenvalue weighted by molar-refractivity contribution is 6.09. The van der Waals surface area contributed by atoms with Crippen LogP contribution < -0.4 is 0 Å². The maximum atomic E-state index is 13.6. The number of aliphatic hydroxyl groups is 1. The number of hydrogen-bond acceptors (Lipinski definition) is 5. The SMILES string of the molecule is CC(C)(C)OC(=O)[C@@H]1Cc2c([nH]c3ccccc23)[C@@]2(O)C(=O)N(Cc3ccccc3)C(=O)N12. The van der Waals surface area contributed by atoms with Gasteiger partial charge in [-0.2, -0.15) is 0 Å². The molecule has 3 amide bonds. The molecule has 2 aliphatic heterocycles. The second-order valence-corrected chi connectivity index (χ2v) is 9.48. The van der Waals surface area contributed by atoms with Gasteiger partial charge < -0.3 is 14.8 Å². The van der Waals surface area contributed by atoms with Gasteiger partial charge in [-0.25, -0.2) is 9.59 Å². The summed E-state index contributed by atoms with van der Waals surface area (Å²) in [6.07, 6.45) is 0.120. The summed E-state index contributed by atoms with van der Waals surface area (Å²) in [6.45, 7) is 5.18. The summed E-state index contributed by atoms with van der Waals surface area (Å²) in [7, 11) is 0. The normalized spacial score (nSPS) is 22.5. The summed E-state index contributed by atoms with van der Waals surface area (Å²) in [6, 6.07) is 14.5. The number of fused-ring (bicyclic) bond motifs is 5. The molecule has 2 aromatic carbocycles. The Hall–Kier alpha value is -3.65. The molecule has 3 heterocycles. The molecule has 0 spiro atoms. The number of H-pyrrole nitrogens is 1. The Kier molecular flexibility index (Phi) is 4.61. The van der Waals surface area contributed by atoms with Gasteiger partial charge in [0.2, 0.25) is 0 Å². The smallest absolute Gasteiger partial charge is 0.330 e. The van der Waals surface area contributed by atoms with E-state index in [1.165, 1.54) is 0 Å². The van der Waals surface area contributed by atoms with Crippen molar-refractivity contribution in [2.24, 2.45) is 0 Å². The third kappa shape index (κ3) is 3.21. The molecular weight excluding hydrogens is 422 g/mol. The van der Waals surface area contributed by atoms with Crippen molar-refractivity contribution in [2.75, 3.05) is 0 Å². The van der Waals surface area contributed by atoms with Crippen molar-refractivity contribution in [1.82, 2.24) is 14.8 Å². The number of urea groups is 1. The van der Waals surface area contributed by atoms with Crippen LogP contribution in [0, 0.1) is 0 Å². The molecule has 2 atom stereocenters. The first-order valence-electron chi connectivity index (χ1n) is 10.9. The second-order valence-electron chi connectivity index (χ2n) is 9.48. The maximum Gasteiger partial charge on any atom is 0.330 e. The molecule has 5 rings (SSSR count). The summed E-state index contributed by atoms with van der Waals surface area (Å²) in [5.41, 5.74) is -0.845. The number of carbonyl (C=O) groups excluding carboxylic acids is 3. The fraction of sp³-hybridized carbons (Fsp3) is 0.320. The fourth-order valence-electron chi connectivity index (χ4n) is 4.69. The molecule has 1 aromatic heterocycles. The van der Waals surface area contributed by atoms with Crippen LogP contribution >= 0.6 is 0 Å². The number of benzene rings is 2. The van der Waals surface area contributed by atoms with Crippen molar-refractivity contribution in [3.63, 3.8) is 0 Å². The van der Waals surface area contributed by atoms with E-state index in [4.69, 9.17) is 4.74 Å². The van der Waals surface area contributed by atoms with Gasteiger partial charge in [0.1, 0.15) is 11.6 Å². The zero-order chi connectivity index (χ0) is 23.5. The molecular formula is C25H25N3O5. The van der Waals surface area contributed by atoms with E-state index in [9.17, 15) is 19.5 Å². The van der Waals surface area contributed by atoms with E-state index in [0.717, 1.165) is 20.7 Å². The van der Waals surface area contributed by atoms with Crippen molar-refractivity contribution in [2.45, 2.75) is 51.1 Å². The minimum atomic E-state index is -2.33. The Bertz CT molecular complexity index is 1280. The van der Waals surface area contributed by atoms with Crippen LogP contribution in [0.25, 0.3) is 10.9 Å². The van der Waals surface area contributed by atoms with E-state index in [1.807, 2.05) is 42.5 Å². The number of hydrogen-bond donors (Lipinski definition) is 2. The predicted molar refractivity (Wildman–Crippen MR) is 120 cm³/mol. The number of aromatic nitrogens is 1. The summed E-state index contributed by atoms with van der Waals surface area (Å²) in [5, 5.41) is 12.6. The molecule has 1 fully saturated rings. The highest BCUT2D eigenvalue weighted by Gasteiger charge is 2.65. The average molecular weight is 447 g/mol. The lowest BCUT2D eigenvalue weighted by molar-refractivity contribution is -0.176. The van der Waals surface area contributed by atoms with Crippen LogP contribution in [-0.4, -0.2) is 49.4 Å². The van der Waals surface area contributed by atoms with Gasteiger partial charge >= 0.3 is 12.0 Å². The van der Waals surface area contributed by atoms with Crippen molar-refractivity contribution >= 4 is 28.8 Å². The molecule has 8 nitrogen and oxygen atoms in total. The number of ether oxygens (including phenoxy) is 1. The van der Waals surface area contributed by atoms with Gasteiger partial charge in [0.25, 0.3) is 11.6 Å². The third-order valence-electron chi connectivity index (χ3n) is 6.06. The quantitative estimate of drug-likeness (QED) is 0.475. The molecule has 0 saturated carbocycles. The van der Waals surface area contributed by atoms with Crippen LogP contribution in [0.5, 0.6) is 0 Å². The van der Waals surface area contributed by atoms with Crippen LogP contribution in [0.15, 0.2) is 54.6 Å². The second kappa shape index (κ2) is 7.18. The van der Waals surface area contributed by atoms with Crippen LogP contribution in [0.4, 0.5) is 4.79 Å². The molecule has 33 heavy (non-hydrogen) atoms. The number of nitrogens with zero attached hydrogens (tertiary/aromatic N) is 2. The Labute approximate surface area is 190 Å². The Balaban J connectivity index is 1.65. The summed E-state index contributed by atoms with van der Waals surface area (Å²) in [4.78, 5) is 45.4. The fourth-order valence-corrected chi connectivity index (χ4v) is 4.69. The molecule has 1 saturated heterocycles. The van der Waals surface area contributed by atoms with E-state index in [2.05, 4.69) is 4.98 Å². The zero-order valence-corrected chi connectivity index (χ0v) is 18.7.